The molecule has 0 saturated carbocycles. The number of hydrogen-bond donors (Lipinski definition) is 0. The van der Waals surface area contributed by atoms with E-state index in [0.717, 1.165) is 148 Å². The molecule has 398 valence electrons. The Balaban J connectivity index is 4.46. The molecule has 1 atom stereocenters. The van der Waals surface area contributed by atoms with Gasteiger partial charge in [0.1, 0.15) is 13.2 Å². The van der Waals surface area contributed by atoms with Gasteiger partial charge in [-0.2, -0.15) is 0 Å². The largest absolute Gasteiger partial charge is 0.462 e. The van der Waals surface area contributed by atoms with E-state index in [1.165, 1.54) is 70.6 Å². The second-order valence-electron chi connectivity index (χ2n) is 18.8. The molecule has 0 heterocycles. The number of carbonyl (C=O) groups excluding carboxylic acids is 3. The molecule has 0 spiro atoms. The van der Waals surface area contributed by atoms with Gasteiger partial charge >= 0.3 is 17.9 Å². The van der Waals surface area contributed by atoms with Crippen molar-refractivity contribution >= 4 is 17.9 Å². The lowest BCUT2D eigenvalue weighted by atomic mass is 10.1. The van der Waals surface area contributed by atoms with Crippen molar-refractivity contribution < 1.29 is 28.6 Å². The molecule has 6 heteroatoms. The van der Waals surface area contributed by atoms with Crippen molar-refractivity contribution in [3.63, 3.8) is 0 Å². The van der Waals surface area contributed by atoms with E-state index in [1.54, 1.807) is 0 Å². The number of esters is 3. The summed E-state index contributed by atoms with van der Waals surface area (Å²) in [4.78, 5) is 38.2. The minimum Gasteiger partial charge on any atom is -0.462 e. The fraction of sp³-hybridized carbons (Fsp3) is 0.672. The first-order valence-electron chi connectivity index (χ1n) is 28.9. The summed E-state index contributed by atoms with van der Waals surface area (Å²) in [7, 11) is 0. The lowest BCUT2D eigenvalue weighted by molar-refractivity contribution is -0.167. The SMILES string of the molecule is CC/C=C\C/C=C\C/C=C\C/C=C\CCCCCCCCC(=O)OCC(COC(=O)CCCCC/C=C\CCCCCCCCC)OC(=O)CCCCCCCC/C=C\C/C=C\C/C=C\C/C=C\CC. The second-order valence-corrected chi connectivity index (χ2v) is 18.8. The van der Waals surface area contributed by atoms with Crippen molar-refractivity contribution in [2.24, 2.45) is 0 Å². The molecule has 0 aromatic heterocycles. The Hall–Kier alpha value is -3.93. The molecule has 0 aromatic rings. The van der Waals surface area contributed by atoms with Gasteiger partial charge in [-0.1, -0.05) is 226 Å². The Morgan fingerprint density at radius 3 is 0.900 bits per heavy atom. The summed E-state index contributed by atoms with van der Waals surface area (Å²) in [5.74, 6) is -0.939. The highest BCUT2D eigenvalue weighted by atomic mass is 16.6. The first-order chi connectivity index (χ1) is 34.5. The van der Waals surface area contributed by atoms with E-state index in [1.807, 2.05) is 0 Å². The van der Waals surface area contributed by atoms with Crippen LogP contribution in [0, 0.1) is 0 Å². The maximum Gasteiger partial charge on any atom is 0.306 e. The normalized spacial score (nSPS) is 12.9. The summed E-state index contributed by atoms with van der Waals surface area (Å²) in [5, 5.41) is 0. The summed E-state index contributed by atoms with van der Waals surface area (Å²) in [6.45, 7) is 6.38. The minimum absolute atomic E-state index is 0.0976. The third kappa shape index (κ3) is 55.0. The van der Waals surface area contributed by atoms with Gasteiger partial charge in [0.05, 0.1) is 0 Å². The van der Waals surface area contributed by atoms with E-state index >= 15 is 0 Å². The van der Waals surface area contributed by atoms with Gasteiger partial charge in [0.25, 0.3) is 0 Å². The standard InChI is InChI=1S/C64H106O6/c1-4-7-10-13-16-19-22-25-28-30-32-34-36-39-42-45-48-51-54-57-63(66)69-60-61(59-68-62(65)56-53-50-47-44-41-38-27-24-21-18-15-12-9-6-3)70-64(67)58-55-52-49-46-43-40-37-35-33-31-29-26-23-20-17-14-11-8-5-2/h7-8,10-11,16-17,19-20,25-26,28-29,32-35,38,41,61H,4-6,9,12-15,18,21-24,27,30-31,36-37,39-40,42-60H2,1-3H3/b10-7-,11-8-,19-16-,20-17-,28-25-,29-26-,34-32-,35-33-,41-38-. The number of unbranched alkanes of at least 4 members (excludes halogenated alkanes) is 22. The van der Waals surface area contributed by atoms with Gasteiger partial charge in [-0.3, -0.25) is 14.4 Å². The number of allylic oxidation sites excluding steroid dienone is 18. The Labute approximate surface area is 431 Å². The topological polar surface area (TPSA) is 78.9 Å². The predicted molar refractivity (Wildman–Crippen MR) is 302 cm³/mol. The van der Waals surface area contributed by atoms with Crippen LogP contribution in [0.4, 0.5) is 0 Å². The van der Waals surface area contributed by atoms with Crippen LogP contribution in [0.3, 0.4) is 0 Å². The minimum atomic E-state index is -0.801. The van der Waals surface area contributed by atoms with Crippen molar-refractivity contribution in [3.05, 3.63) is 109 Å². The van der Waals surface area contributed by atoms with Crippen LogP contribution >= 0.6 is 0 Å². The molecule has 0 rings (SSSR count). The van der Waals surface area contributed by atoms with E-state index in [0.29, 0.717) is 19.3 Å². The third-order valence-corrected chi connectivity index (χ3v) is 12.0. The number of carbonyl (C=O) groups is 3. The van der Waals surface area contributed by atoms with Crippen LogP contribution in [0.5, 0.6) is 0 Å². The summed E-state index contributed by atoms with van der Waals surface area (Å²) < 4.78 is 16.8. The van der Waals surface area contributed by atoms with E-state index < -0.39 is 6.10 Å². The van der Waals surface area contributed by atoms with Crippen molar-refractivity contribution in [2.45, 2.75) is 264 Å². The molecular formula is C64H106O6. The highest BCUT2D eigenvalue weighted by molar-refractivity contribution is 5.71. The van der Waals surface area contributed by atoms with Crippen LogP contribution in [-0.4, -0.2) is 37.2 Å². The molecule has 0 amide bonds. The third-order valence-electron chi connectivity index (χ3n) is 12.0. The average molecular weight is 972 g/mol. The van der Waals surface area contributed by atoms with Gasteiger partial charge in [0.15, 0.2) is 6.10 Å². The Kier molecular flexibility index (Phi) is 54.4. The second kappa shape index (κ2) is 57.6. The molecule has 70 heavy (non-hydrogen) atoms. The quantitative estimate of drug-likeness (QED) is 0.0262. The van der Waals surface area contributed by atoms with Crippen molar-refractivity contribution in [1.82, 2.24) is 0 Å². The first-order valence-corrected chi connectivity index (χ1v) is 28.9. The van der Waals surface area contributed by atoms with Gasteiger partial charge in [-0.25, -0.2) is 0 Å². The first kappa shape index (κ1) is 66.1. The molecule has 0 bridgehead atoms. The highest BCUT2D eigenvalue weighted by Gasteiger charge is 2.19. The summed E-state index contributed by atoms with van der Waals surface area (Å²) in [5.41, 5.74) is 0. The fourth-order valence-corrected chi connectivity index (χ4v) is 7.71. The molecular weight excluding hydrogens is 865 g/mol. The predicted octanol–water partition coefficient (Wildman–Crippen LogP) is 19.5. The maximum atomic E-state index is 12.9. The maximum absolute atomic E-state index is 12.9. The van der Waals surface area contributed by atoms with Crippen LogP contribution in [-0.2, 0) is 28.6 Å². The average Bonchev–Trinajstić information content (AvgIpc) is 3.36. The zero-order valence-electron chi connectivity index (χ0n) is 45.5. The smallest absolute Gasteiger partial charge is 0.306 e. The zero-order chi connectivity index (χ0) is 50.7. The van der Waals surface area contributed by atoms with Crippen LogP contribution in [0.2, 0.25) is 0 Å². The van der Waals surface area contributed by atoms with E-state index in [-0.39, 0.29) is 31.1 Å². The fourth-order valence-electron chi connectivity index (χ4n) is 7.71. The van der Waals surface area contributed by atoms with E-state index in [9.17, 15) is 14.4 Å². The van der Waals surface area contributed by atoms with Crippen LogP contribution in [0.15, 0.2) is 109 Å². The van der Waals surface area contributed by atoms with Crippen LogP contribution < -0.4 is 0 Å². The molecule has 0 aliphatic heterocycles. The monoisotopic (exact) mass is 971 g/mol. The van der Waals surface area contributed by atoms with Gasteiger partial charge in [-0.05, 0) is 122 Å². The lowest BCUT2D eigenvalue weighted by Gasteiger charge is -2.18. The van der Waals surface area contributed by atoms with Gasteiger partial charge in [0.2, 0.25) is 0 Å². The van der Waals surface area contributed by atoms with Crippen molar-refractivity contribution in [3.8, 4) is 0 Å². The van der Waals surface area contributed by atoms with Gasteiger partial charge in [-0.15, -0.1) is 0 Å². The molecule has 0 N–H and O–H groups in total. The summed E-state index contributed by atoms with van der Waals surface area (Å²) >= 11 is 0. The highest BCUT2D eigenvalue weighted by Crippen LogP contribution is 2.14. The molecule has 6 nitrogen and oxygen atoms in total. The molecule has 0 aliphatic carbocycles. The van der Waals surface area contributed by atoms with Gasteiger partial charge < -0.3 is 14.2 Å². The lowest BCUT2D eigenvalue weighted by Crippen LogP contribution is -2.30. The van der Waals surface area contributed by atoms with Gasteiger partial charge in [0, 0.05) is 19.3 Å². The Morgan fingerprint density at radius 2 is 0.557 bits per heavy atom. The van der Waals surface area contributed by atoms with Crippen LogP contribution in [0.1, 0.15) is 258 Å². The summed E-state index contributed by atoms with van der Waals surface area (Å²) in [6, 6.07) is 0. The molecule has 0 aliphatic rings. The van der Waals surface area contributed by atoms with E-state index in [4.69, 9.17) is 14.2 Å². The zero-order valence-corrected chi connectivity index (χ0v) is 45.5. The molecule has 0 aromatic carbocycles. The molecule has 1 unspecified atom stereocenters. The van der Waals surface area contributed by atoms with Crippen molar-refractivity contribution in [1.29, 1.82) is 0 Å². The number of hydrogen-bond acceptors (Lipinski definition) is 6. The Bertz CT molecular complexity index is 1440. The number of ether oxygens (including phenoxy) is 3. The van der Waals surface area contributed by atoms with Crippen molar-refractivity contribution in [2.75, 3.05) is 13.2 Å². The molecule has 0 saturated heterocycles. The number of rotatable bonds is 51. The Morgan fingerprint density at radius 1 is 0.300 bits per heavy atom. The summed E-state index contributed by atoms with van der Waals surface area (Å²) in [6.07, 6.45) is 77.9. The van der Waals surface area contributed by atoms with E-state index in [2.05, 4.69) is 130 Å². The molecule has 0 radical (unpaired) electrons. The molecule has 0 fully saturated rings. The van der Waals surface area contributed by atoms with Crippen LogP contribution in [0.25, 0.3) is 0 Å².